The van der Waals surface area contributed by atoms with Crippen LogP contribution in [0, 0.1) is 13.8 Å². The third-order valence-electron chi connectivity index (χ3n) is 2.60. The number of hydrogen-bond acceptors (Lipinski definition) is 3. The Morgan fingerprint density at radius 1 is 1.33 bits per heavy atom. The zero-order chi connectivity index (χ0) is 11.4. The largest absolute Gasteiger partial charge is 0.296 e. The Morgan fingerprint density at radius 2 is 1.93 bits per heavy atom. The normalized spacial score (nSPS) is 11.0. The molecule has 84 valence electrons. The molecule has 2 nitrogen and oxygen atoms in total. The molecule has 0 radical (unpaired) electrons. The maximum atomic E-state index is 12.0. The second-order valence-electron chi connectivity index (χ2n) is 3.71. The smallest absolute Gasteiger partial charge is 0.177 e. The second kappa shape index (κ2) is 5.42. The first-order chi connectivity index (χ1) is 7.08. The number of aryl methyl sites for hydroxylation is 2. The highest BCUT2D eigenvalue weighted by molar-refractivity contribution is 7.12. The van der Waals surface area contributed by atoms with Crippen molar-refractivity contribution in [2.75, 3.05) is 19.6 Å². The quantitative estimate of drug-likeness (QED) is 0.718. The molecule has 0 aromatic carbocycles. The van der Waals surface area contributed by atoms with Gasteiger partial charge >= 0.3 is 0 Å². The molecular formula is C12H19NOS. The van der Waals surface area contributed by atoms with Gasteiger partial charge in [-0.1, -0.05) is 13.8 Å². The van der Waals surface area contributed by atoms with Gasteiger partial charge in [-0.25, -0.2) is 0 Å². The van der Waals surface area contributed by atoms with Crippen LogP contribution >= 0.6 is 11.3 Å². The van der Waals surface area contributed by atoms with E-state index in [1.54, 1.807) is 11.3 Å². The summed E-state index contributed by atoms with van der Waals surface area (Å²) in [6.07, 6.45) is 0. The average Bonchev–Trinajstić information content (AvgIpc) is 2.54. The predicted molar refractivity (Wildman–Crippen MR) is 65.9 cm³/mol. The number of carbonyl (C=O) groups excluding carboxylic acids is 1. The van der Waals surface area contributed by atoms with E-state index in [-0.39, 0.29) is 5.78 Å². The third-order valence-corrected chi connectivity index (χ3v) is 3.57. The molecular weight excluding hydrogens is 206 g/mol. The second-order valence-corrected chi connectivity index (χ2v) is 5.17. The van der Waals surface area contributed by atoms with Crippen LogP contribution in [0.3, 0.4) is 0 Å². The van der Waals surface area contributed by atoms with Gasteiger partial charge in [-0.2, -0.15) is 0 Å². The Morgan fingerprint density at radius 3 is 2.33 bits per heavy atom. The third kappa shape index (κ3) is 3.14. The van der Waals surface area contributed by atoms with Gasteiger partial charge in [0.1, 0.15) is 0 Å². The maximum Gasteiger partial charge on any atom is 0.177 e. The monoisotopic (exact) mass is 225 g/mol. The summed E-state index contributed by atoms with van der Waals surface area (Å²) in [4.78, 5) is 16.5. The molecule has 0 amide bonds. The topological polar surface area (TPSA) is 20.3 Å². The lowest BCUT2D eigenvalue weighted by atomic mass is 10.1. The summed E-state index contributed by atoms with van der Waals surface area (Å²) < 4.78 is 0. The van der Waals surface area contributed by atoms with Crippen molar-refractivity contribution in [3.8, 4) is 0 Å². The summed E-state index contributed by atoms with van der Waals surface area (Å²) in [6, 6.07) is 2.01. The van der Waals surface area contributed by atoms with Gasteiger partial charge in [0, 0.05) is 15.3 Å². The lowest BCUT2D eigenvalue weighted by Crippen LogP contribution is -2.29. The van der Waals surface area contributed by atoms with Crippen LogP contribution in [0.2, 0.25) is 0 Å². The summed E-state index contributed by atoms with van der Waals surface area (Å²) in [5.74, 6) is 0.251. The minimum atomic E-state index is 0.251. The molecule has 15 heavy (non-hydrogen) atoms. The standard InChI is InChI=1S/C12H19NOS/c1-5-13(6-2)8-12(14)11-7-9(3)15-10(11)4/h7H,5-6,8H2,1-4H3. The predicted octanol–water partition coefficient (Wildman–Crippen LogP) is 2.89. The molecule has 0 aliphatic heterocycles. The lowest BCUT2D eigenvalue weighted by molar-refractivity contribution is 0.0937. The van der Waals surface area contributed by atoms with Gasteiger partial charge < -0.3 is 0 Å². The van der Waals surface area contributed by atoms with Gasteiger partial charge in [0.25, 0.3) is 0 Å². The van der Waals surface area contributed by atoms with E-state index in [2.05, 4.69) is 18.7 Å². The minimum absolute atomic E-state index is 0.251. The highest BCUT2D eigenvalue weighted by Gasteiger charge is 2.14. The van der Waals surface area contributed by atoms with Gasteiger partial charge in [-0.3, -0.25) is 9.69 Å². The summed E-state index contributed by atoms with van der Waals surface area (Å²) in [5.41, 5.74) is 0.907. The molecule has 0 bridgehead atoms. The molecule has 1 heterocycles. The van der Waals surface area contributed by atoms with Crippen molar-refractivity contribution in [2.24, 2.45) is 0 Å². The van der Waals surface area contributed by atoms with E-state index in [1.807, 2.05) is 19.9 Å². The van der Waals surface area contributed by atoms with Crippen LogP contribution in [0.1, 0.15) is 34.0 Å². The van der Waals surface area contributed by atoms with Crippen LogP contribution < -0.4 is 0 Å². The molecule has 3 heteroatoms. The molecule has 0 unspecified atom stereocenters. The number of Topliss-reactive ketones (excluding diaryl/α,β-unsaturated/α-hetero) is 1. The van der Waals surface area contributed by atoms with E-state index < -0.39 is 0 Å². The number of hydrogen-bond donors (Lipinski definition) is 0. The van der Waals surface area contributed by atoms with Crippen molar-refractivity contribution in [3.63, 3.8) is 0 Å². The number of rotatable bonds is 5. The van der Waals surface area contributed by atoms with E-state index in [0.29, 0.717) is 6.54 Å². The minimum Gasteiger partial charge on any atom is -0.296 e. The number of likely N-dealkylation sites (N-methyl/N-ethyl adjacent to an activating group) is 1. The van der Waals surface area contributed by atoms with Gasteiger partial charge in [0.05, 0.1) is 6.54 Å². The van der Waals surface area contributed by atoms with Crippen LogP contribution in [0.25, 0.3) is 0 Å². The molecule has 1 rings (SSSR count). The van der Waals surface area contributed by atoms with E-state index in [9.17, 15) is 4.79 Å². The van der Waals surface area contributed by atoms with E-state index in [4.69, 9.17) is 0 Å². The number of nitrogens with zero attached hydrogens (tertiary/aromatic N) is 1. The van der Waals surface area contributed by atoms with Crippen molar-refractivity contribution in [3.05, 3.63) is 21.4 Å². The van der Waals surface area contributed by atoms with Crippen molar-refractivity contribution in [1.29, 1.82) is 0 Å². The highest BCUT2D eigenvalue weighted by atomic mass is 32.1. The molecule has 0 N–H and O–H groups in total. The molecule has 0 saturated heterocycles. The van der Waals surface area contributed by atoms with Crippen LogP contribution in [-0.2, 0) is 0 Å². The van der Waals surface area contributed by atoms with Crippen LogP contribution in [0.5, 0.6) is 0 Å². The molecule has 0 spiro atoms. The Labute approximate surface area is 95.9 Å². The first kappa shape index (κ1) is 12.4. The molecule has 0 fully saturated rings. The lowest BCUT2D eigenvalue weighted by Gasteiger charge is -2.16. The summed E-state index contributed by atoms with van der Waals surface area (Å²) in [6.45, 7) is 10.7. The molecule has 0 aliphatic rings. The fourth-order valence-corrected chi connectivity index (χ4v) is 2.59. The van der Waals surface area contributed by atoms with E-state index >= 15 is 0 Å². The van der Waals surface area contributed by atoms with Gasteiger partial charge in [-0.05, 0) is 33.0 Å². The molecule has 0 aliphatic carbocycles. The first-order valence-corrected chi connectivity index (χ1v) is 6.22. The molecule has 1 aromatic heterocycles. The Balaban J connectivity index is 2.72. The van der Waals surface area contributed by atoms with Crippen molar-refractivity contribution in [2.45, 2.75) is 27.7 Å². The SMILES string of the molecule is CCN(CC)CC(=O)c1cc(C)sc1C. The van der Waals surface area contributed by atoms with E-state index in [1.165, 1.54) is 4.88 Å². The van der Waals surface area contributed by atoms with Crippen molar-refractivity contribution in [1.82, 2.24) is 4.90 Å². The molecule has 0 saturated carbocycles. The summed E-state index contributed by atoms with van der Waals surface area (Å²) >= 11 is 1.70. The highest BCUT2D eigenvalue weighted by Crippen LogP contribution is 2.21. The Bertz CT molecular complexity index is 339. The van der Waals surface area contributed by atoms with Gasteiger partial charge in [0.2, 0.25) is 0 Å². The molecule has 1 aromatic rings. The molecule has 0 atom stereocenters. The average molecular weight is 225 g/mol. The van der Waals surface area contributed by atoms with Crippen molar-refractivity contribution >= 4 is 17.1 Å². The Kier molecular flexibility index (Phi) is 4.48. The van der Waals surface area contributed by atoms with Crippen molar-refractivity contribution < 1.29 is 4.79 Å². The van der Waals surface area contributed by atoms with Gasteiger partial charge in [0.15, 0.2) is 5.78 Å². The maximum absolute atomic E-state index is 12.0. The summed E-state index contributed by atoms with van der Waals surface area (Å²) in [7, 11) is 0. The number of thiophene rings is 1. The number of ketones is 1. The van der Waals surface area contributed by atoms with Crippen LogP contribution in [0.4, 0.5) is 0 Å². The summed E-state index contributed by atoms with van der Waals surface area (Å²) in [5, 5.41) is 0. The fourth-order valence-electron chi connectivity index (χ4n) is 1.64. The number of carbonyl (C=O) groups is 1. The Hall–Kier alpha value is -0.670. The van der Waals surface area contributed by atoms with Gasteiger partial charge in [-0.15, -0.1) is 11.3 Å². The van der Waals surface area contributed by atoms with E-state index in [0.717, 1.165) is 23.5 Å². The fraction of sp³-hybridized carbons (Fsp3) is 0.583. The zero-order valence-electron chi connectivity index (χ0n) is 9.96. The zero-order valence-corrected chi connectivity index (χ0v) is 10.8. The van der Waals surface area contributed by atoms with Crippen LogP contribution in [-0.4, -0.2) is 30.3 Å². The first-order valence-electron chi connectivity index (χ1n) is 5.41. The van der Waals surface area contributed by atoms with Crippen LogP contribution in [0.15, 0.2) is 6.07 Å².